The molecule has 0 bridgehead atoms. The van der Waals surface area contributed by atoms with E-state index in [0.29, 0.717) is 17.8 Å². The lowest BCUT2D eigenvalue weighted by Gasteiger charge is -2.17. The van der Waals surface area contributed by atoms with Gasteiger partial charge < -0.3 is 5.32 Å². The Labute approximate surface area is 160 Å². The number of anilines is 1. The molecule has 2 amide bonds. The van der Waals surface area contributed by atoms with Crippen LogP contribution in [0.3, 0.4) is 0 Å². The van der Waals surface area contributed by atoms with E-state index in [1.165, 1.54) is 4.90 Å². The molecule has 4 nitrogen and oxygen atoms in total. The van der Waals surface area contributed by atoms with Crippen molar-refractivity contribution in [2.45, 2.75) is 34.6 Å². The predicted molar refractivity (Wildman–Crippen MR) is 109 cm³/mol. The minimum Gasteiger partial charge on any atom is -0.350 e. The Bertz CT molecular complexity index is 941. The highest BCUT2D eigenvalue weighted by molar-refractivity contribution is 6.36. The van der Waals surface area contributed by atoms with E-state index in [1.54, 1.807) is 0 Å². The summed E-state index contributed by atoms with van der Waals surface area (Å²) in [5.74, 6) is -0.284. The third-order valence-electron chi connectivity index (χ3n) is 4.80. The van der Waals surface area contributed by atoms with E-state index in [2.05, 4.69) is 5.32 Å². The molecule has 4 heteroatoms. The predicted octanol–water partition coefficient (Wildman–Crippen LogP) is 4.46. The topological polar surface area (TPSA) is 49.4 Å². The van der Waals surface area contributed by atoms with Gasteiger partial charge in [0, 0.05) is 12.2 Å². The van der Waals surface area contributed by atoms with E-state index in [1.807, 2.05) is 77.1 Å². The van der Waals surface area contributed by atoms with Gasteiger partial charge in [0.2, 0.25) is 0 Å². The second kappa shape index (κ2) is 7.39. The summed E-state index contributed by atoms with van der Waals surface area (Å²) in [6, 6.07) is 13.7. The van der Waals surface area contributed by atoms with Gasteiger partial charge in [-0.1, -0.05) is 44.2 Å². The van der Waals surface area contributed by atoms with Crippen molar-refractivity contribution in [2.24, 2.45) is 5.92 Å². The van der Waals surface area contributed by atoms with Crippen LogP contribution in [0, 0.1) is 26.7 Å². The lowest BCUT2D eigenvalue weighted by Crippen LogP contribution is -2.35. The largest absolute Gasteiger partial charge is 0.350 e. The van der Waals surface area contributed by atoms with E-state index in [-0.39, 0.29) is 17.7 Å². The molecule has 0 aliphatic carbocycles. The number of imide groups is 1. The first-order valence-corrected chi connectivity index (χ1v) is 9.29. The molecule has 0 aromatic heterocycles. The number of rotatable bonds is 5. The number of amides is 2. The summed E-state index contributed by atoms with van der Waals surface area (Å²) in [5, 5.41) is 3.22. The van der Waals surface area contributed by atoms with Crippen LogP contribution in [0.4, 0.5) is 5.69 Å². The van der Waals surface area contributed by atoms with Crippen LogP contribution in [0.2, 0.25) is 0 Å². The van der Waals surface area contributed by atoms with Gasteiger partial charge in [-0.15, -0.1) is 0 Å². The molecule has 0 atom stereocenters. The minimum atomic E-state index is -0.261. The second-order valence-corrected chi connectivity index (χ2v) is 7.66. The molecule has 1 heterocycles. The fourth-order valence-electron chi connectivity index (χ4n) is 3.25. The van der Waals surface area contributed by atoms with Crippen LogP contribution in [0.1, 0.15) is 36.1 Å². The minimum absolute atomic E-state index is 0.206. The molecule has 0 unspecified atom stereocenters. The number of hydrogen-bond acceptors (Lipinski definition) is 3. The highest BCUT2D eigenvalue weighted by Crippen LogP contribution is 2.32. The molecule has 0 saturated heterocycles. The zero-order valence-corrected chi connectivity index (χ0v) is 16.6. The molecule has 1 aliphatic rings. The first-order chi connectivity index (χ1) is 12.8. The van der Waals surface area contributed by atoms with Crippen LogP contribution in [-0.4, -0.2) is 23.3 Å². The summed E-state index contributed by atoms with van der Waals surface area (Å²) in [5.41, 5.74) is 5.72. The summed E-state index contributed by atoms with van der Waals surface area (Å²) in [7, 11) is 0. The Morgan fingerprint density at radius 1 is 0.926 bits per heavy atom. The maximum Gasteiger partial charge on any atom is 0.278 e. The highest BCUT2D eigenvalue weighted by atomic mass is 16.2. The van der Waals surface area contributed by atoms with Crippen LogP contribution < -0.4 is 5.32 Å². The van der Waals surface area contributed by atoms with Gasteiger partial charge in [-0.05, 0) is 61.1 Å². The van der Waals surface area contributed by atoms with Gasteiger partial charge in [0.15, 0.2) is 0 Å². The lowest BCUT2D eigenvalue weighted by molar-refractivity contribution is -0.137. The van der Waals surface area contributed by atoms with Crippen molar-refractivity contribution in [1.82, 2.24) is 4.90 Å². The van der Waals surface area contributed by atoms with Crippen molar-refractivity contribution in [2.75, 3.05) is 11.9 Å². The zero-order valence-electron chi connectivity index (χ0n) is 16.6. The second-order valence-electron chi connectivity index (χ2n) is 7.66. The SMILES string of the molecule is Cc1cccc(NC2=C(c3ccc(C)c(C)c3)C(=O)N(CC(C)C)C2=O)c1. The number of carbonyl (C=O) groups excluding carboxylic acids is 2. The molecule has 1 N–H and O–H groups in total. The summed E-state index contributed by atoms with van der Waals surface area (Å²) >= 11 is 0. The Balaban J connectivity index is 2.10. The van der Waals surface area contributed by atoms with Gasteiger partial charge in [-0.3, -0.25) is 14.5 Å². The zero-order chi connectivity index (χ0) is 19.7. The average molecular weight is 362 g/mol. The highest BCUT2D eigenvalue weighted by Gasteiger charge is 2.39. The molecule has 1 aliphatic heterocycles. The molecule has 0 spiro atoms. The molecule has 3 rings (SSSR count). The van der Waals surface area contributed by atoms with Gasteiger partial charge in [-0.25, -0.2) is 0 Å². The molecule has 0 saturated carbocycles. The number of benzene rings is 2. The maximum absolute atomic E-state index is 13.1. The van der Waals surface area contributed by atoms with Gasteiger partial charge in [0.05, 0.1) is 5.57 Å². The molecule has 27 heavy (non-hydrogen) atoms. The van der Waals surface area contributed by atoms with Gasteiger partial charge in [0.1, 0.15) is 5.70 Å². The van der Waals surface area contributed by atoms with Crippen molar-refractivity contribution in [3.05, 3.63) is 70.4 Å². The van der Waals surface area contributed by atoms with Gasteiger partial charge >= 0.3 is 0 Å². The Morgan fingerprint density at radius 2 is 1.67 bits per heavy atom. The average Bonchev–Trinajstić information content (AvgIpc) is 2.82. The van der Waals surface area contributed by atoms with Crippen molar-refractivity contribution >= 4 is 23.1 Å². The van der Waals surface area contributed by atoms with Gasteiger partial charge in [-0.2, -0.15) is 0 Å². The maximum atomic E-state index is 13.1. The number of nitrogens with zero attached hydrogens (tertiary/aromatic N) is 1. The molecule has 0 fully saturated rings. The monoisotopic (exact) mass is 362 g/mol. The van der Waals surface area contributed by atoms with Crippen LogP contribution >= 0.6 is 0 Å². The van der Waals surface area contributed by atoms with E-state index in [0.717, 1.165) is 27.9 Å². The van der Waals surface area contributed by atoms with Gasteiger partial charge in [0.25, 0.3) is 11.8 Å². The van der Waals surface area contributed by atoms with Crippen molar-refractivity contribution < 1.29 is 9.59 Å². The van der Waals surface area contributed by atoms with Crippen LogP contribution in [0.15, 0.2) is 48.2 Å². The normalized spacial score (nSPS) is 14.5. The van der Waals surface area contributed by atoms with E-state index < -0.39 is 0 Å². The molecule has 140 valence electrons. The number of carbonyl (C=O) groups is 2. The fraction of sp³-hybridized carbons (Fsp3) is 0.304. The van der Waals surface area contributed by atoms with Crippen molar-refractivity contribution in [3.8, 4) is 0 Å². The first kappa shape index (κ1) is 18.9. The van der Waals surface area contributed by atoms with Crippen molar-refractivity contribution in [1.29, 1.82) is 0 Å². The third kappa shape index (κ3) is 3.80. The summed E-state index contributed by atoms with van der Waals surface area (Å²) in [4.78, 5) is 27.5. The third-order valence-corrected chi connectivity index (χ3v) is 4.80. The molecular formula is C23H26N2O2. The quantitative estimate of drug-likeness (QED) is 0.799. The summed E-state index contributed by atoms with van der Waals surface area (Å²) in [6.45, 7) is 10.5. The number of aryl methyl sites for hydroxylation is 3. The van der Waals surface area contributed by atoms with Crippen LogP contribution in [0.25, 0.3) is 5.57 Å². The first-order valence-electron chi connectivity index (χ1n) is 9.29. The Kier molecular flexibility index (Phi) is 5.17. The summed E-state index contributed by atoms with van der Waals surface area (Å²) in [6.07, 6.45) is 0. The van der Waals surface area contributed by atoms with E-state index in [9.17, 15) is 9.59 Å². The molecular weight excluding hydrogens is 336 g/mol. The van der Waals surface area contributed by atoms with Crippen LogP contribution in [0.5, 0.6) is 0 Å². The fourth-order valence-corrected chi connectivity index (χ4v) is 3.25. The standard InChI is InChI=1S/C23H26N2O2/c1-14(2)13-25-22(26)20(18-10-9-16(4)17(5)12-18)21(23(25)27)24-19-8-6-7-15(3)11-19/h6-12,14,24H,13H2,1-5H3. The number of nitrogens with one attached hydrogen (secondary N) is 1. The van der Waals surface area contributed by atoms with Crippen LogP contribution in [-0.2, 0) is 9.59 Å². The molecule has 0 radical (unpaired) electrons. The lowest BCUT2D eigenvalue weighted by atomic mass is 9.99. The Hall–Kier alpha value is -2.88. The van der Waals surface area contributed by atoms with E-state index in [4.69, 9.17) is 0 Å². The smallest absolute Gasteiger partial charge is 0.278 e. The summed E-state index contributed by atoms with van der Waals surface area (Å²) < 4.78 is 0. The Morgan fingerprint density at radius 3 is 2.30 bits per heavy atom. The molecule has 2 aromatic rings. The van der Waals surface area contributed by atoms with Crippen molar-refractivity contribution in [3.63, 3.8) is 0 Å². The number of hydrogen-bond donors (Lipinski definition) is 1. The molecule has 2 aromatic carbocycles. The van der Waals surface area contributed by atoms with E-state index >= 15 is 0 Å².